The second kappa shape index (κ2) is 17.1. The van der Waals surface area contributed by atoms with Crippen molar-refractivity contribution >= 4 is 36.7 Å². The fraction of sp³-hybridized carbons (Fsp3) is 0.842. The molecule has 0 N–H and O–H groups in total. The van der Waals surface area contributed by atoms with Crippen LogP contribution in [0.25, 0.3) is 0 Å². The SMILES string of the molecule is CC(C)[Si](OCCC[C@@]12CN(C(=O)OC(C)(C)C)C=C[C@@H]1[C@H](CC#CC[Si](C)(C)C)CN(C(=O)OCC[Si](C)(C)C)C2)(C(C)C)C(C)C. The fourth-order valence-electron chi connectivity index (χ4n) is 7.89. The van der Waals surface area contributed by atoms with Crippen LogP contribution < -0.4 is 0 Å². The first-order valence-electron chi connectivity index (χ1n) is 18.6. The Bertz CT molecular complexity index is 1130. The number of allylic oxidation sites excluding steroid dienone is 1. The van der Waals surface area contributed by atoms with Gasteiger partial charge in [0.05, 0.1) is 14.7 Å². The predicted octanol–water partition coefficient (Wildman–Crippen LogP) is 10.5. The summed E-state index contributed by atoms with van der Waals surface area (Å²) in [7, 11) is -4.68. The number of amides is 2. The van der Waals surface area contributed by atoms with E-state index in [1.807, 2.05) is 31.9 Å². The molecule has 0 spiro atoms. The average Bonchev–Trinajstić information content (AvgIpc) is 2.91. The second-order valence-electron chi connectivity index (χ2n) is 19.0. The second-order valence-corrected chi connectivity index (χ2v) is 35.5. The van der Waals surface area contributed by atoms with Crippen LogP contribution in [0.2, 0.25) is 68.0 Å². The number of nitrogens with zero attached hydrogens (tertiary/aromatic N) is 2. The third-order valence-electron chi connectivity index (χ3n) is 10.1. The normalized spacial score (nSPS) is 22.1. The van der Waals surface area contributed by atoms with E-state index >= 15 is 0 Å². The van der Waals surface area contributed by atoms with Gasteiger partial charge in [0.15, 0.2) is 8.32 Å². The molecular formula is C38H72N2O5Si3. The summed E-state index contributed by atoms with van der Waals surface area (Å²) in [5.41, 5.74) is 0.569. The molecule has 0 saturated carbocycles. The smallest absolute Gasteiger partial charge is 0.414 e. The monoisotopic (exact) mass is 720 g/mol. The topological polar surface area (TPSA) is 68.3 Å². The minimum absolute atomic E-state index is 0.144. The van der Waals surface area contributed by atoms with Crippen LogP contribution in [0.5, 0.6) is 0 Å². The van der Waals surface area contributed by atoms with E-state index in [0.717, 1.165) is 24.9 Å². The van der Waals surface area contributed by atoms with E-state index in [1.54, 1.807) is 4.90 Å². The van der Waals surface area contributed by atoms with Gasteiger partial charge in [-0.05, 0) is 68.1 Å². The van der Waals surface area contributed by atoms with Crippen molar-refractivity contribution in [1.82, 2.24) is 9.80 Å². The summed E-state index contributed by atoms with van der Waals surface area (Å²) in [6.07, 6.45) is 5.95. The van der Waals surface area contributed by atoms with Gasteiger partial charge in [0.1, 0.15) is 5.60 Å². The Morgan fingerprint density at radius 1 is 0.875 bits per heavy atom. The number of rotatable bonds is 13. The van der Waals surface area contributed by atoms with E-state index in [-0.39, 0.29) is 29.4 Å². The lowest BCUT2D eigenvalue weighted by Crippen LogP contribution is -2.60. The Balaban J connectivity index is 2.49. The summed E-state index contributed by atoms with van der Waals surface area (Å²) < 4.78 is 18.8. The Hall–Kier alpha value is -1.55. The molecule has 2 rings (SSSR count). The molecule has 0 unspecified atom stereocenters. The van der Waals surface area contributed by atoms with E-state index in [1.165, 1.54) is 0 Å². The minimum Gasteiger partial charge on any atom is -0.450 e. The van der Waals surface area contributed by atoms with E-state index in [9.17, 15) is 9.59 Å². The maximum atomic E-state index is 13.7. The van der Waals surface area contributed by atoms with Crippen molar-refractivity contribution < 1.29 is 23.5 Å². The zero-order valence-corrected chi connectivity index (χ0v) is 36.5. The highest BCUT2D eigenvalue weighted by atomic mass is 28.4. The van der Waals surface area contributed by atoms with Crippen LogP contribution in [-0.2, 0) is 13.9 Å². The molecule has 0 aliphatic carbocycles. The van der Waals surface area contributed by atoms with Crippen LogP contribution in [0.3, 0.4) is 0 Å². The molecule has 0 aromatic rings. The van der Waals surface area contributed by atoms with Crippen molar-refractivity contribution in [3.63, 3.8) is 0 Å². The molecule has 0 radical (unpaired) electrons. The Morgan fingerprint density at radius 3 is 2.00 bits per heavy atom. The Labute approximate surface area is 298 Å². The van der Waals surface area contributed by atoms with Crippen molar-refractivity contribution in [3.8, 4) is 11.8 Å². The van der Waals surface area contributed by atoms with Crippen LogP contribution >= 0.6 is 0 Å². The van der Waals surface area contributed by atoms with Gasteiger partial charge >= 0.3 is 12.2 Å². The predicted molar refractivity (Wildman–Crippen MR) is 209 cm³/mol. The fourth-order valence-corrected chi connectivity index (χ4v) is 14.8. The number of ether oxygens (including phenoxy) is 2. The molecule has 10 heteroatoms. The van der Waals surface area contributed by atoms with E-state index in [2.05, 4.69) is 98.7 Å². The number of piperidine rings is 1. The Kier molecular flexibility index (Phi) is 15.2. The van der Waals surface area contributed by atoms with Gasteiger partial charge in [0, 0.05) is 58.4 Å². The lowest BCUT2D eigenvalue weighted by Gasteiger charge is -2.54. The average molecular weight is 721 g/mol. The molecule has 276 valence electrons. The largest absolute Gasteiger partial charge is 0.450 e. The number of likely N-dealkylation sites (tertiary alicyclic amines) is 1. The maximum absolute atomic E-state index is 13.7. The van der Waals surface area contributed by atoms with Crippen LogP contribution in [-0.4, -0.2) is 84.9 Å². The van der Waals surface area contributed by atoms with E-state index < -0.39 is 30.1 Å². The summed E-state index contributed by atoms with van der Waals surface area (Å²) >= 11 is 0. The van der Waals surface area contributed by atoms with Crippen molar-refractivity contribution in [3.05, 3.63) is 12.3 Å². The third kappa shape index (κ3) is 12.3. The van der Waals surface area contributed by atoms with Gasteiger partial charge in [0.25, 0.3) is 0 Å². The molecule has 1 saturated heterocycles. The molecule has 2 amide bonds. The summed E-state index contributed by atoms with van der Waals surface area (Å²) in [6, 6.07) is 1.90. The first-order chi connectivity index (χ1) is 21.9. The van der Waals surface area contributed by atoms with Crippen molar-refractivity contribution in [1.29, 1.82) is 0 Å². The number of carbonyl (C=O) groups excluding carboxylic acids is 2. The Morgan fingerprint density at radius 2 is 1.48 bits per heavy atom. The molecule has 7 nitrogen and oxygen atoms in total. The zero-order chi connectivity index (χ0) is 36.7. The molecule has 2 aliphatic rings. The minimum atomic E-state index is -2.03. The molecule has 48 heavy (non-hydrogen) atoms. The third-order valence-corrected chi connectivity index (χ3v) is 19.1. The van der Waals surface area contributed by atoms with Gasteiger partial charge in [-0.2, -0.15) is 0 Å². The highest BCUT2D eigenvalue weighted by Crippen LogP contribution is 2.48. The van der Waals surface area contributed by atoms with Gasteiger partial charge < -0.3 is 18.8 Å². The van der Waals surface area contributed by atoms with Gasteiger partial charge in [-0.25, -0.2) is 9.59 Å². The van der Waals surface area contributed by atoms with E-state index in [4.69, 9.17) is 13.9 Å². The molecular weight excluding hydrogens is 649 g/mol. The molecule has 2 heterocycles. The van der Waals surface area contributed by atoms with Crippen LogP contribution in [0.1, 0.15) is 81.6 Å². The van der Waals surface area contributed by atoms with Crippen LogP contribution in [0.15, 0.2) is 12.3 Å². The highest BCUT2D eigenvalue weighted by Gasteiger charge is 2.52. The molecule has 2 aliphatic heterocycles. The number of hydrogen-bond acceptors (Lipinski definition) is 5. The summed E-state index contributed by atoms with van der Waals surface area (Å²) in [6.45, 7) is 36.4. The first-order valence-corrected chi connectivity index (χ1v) is 28.2. The molecule has 3 atom stereocenters. The quantitative estimate of drug-likeness (QED) is 0.108. The summed E-state index contributed by atoms with van der Waals surface area (Å²) in [4.78, 5) is 30.9. The van der Waals surface area contributed by atoms with Gasteiger partial charge in [-0.3, -0.25) is 4.90 Å². The molecule has 0 bridgehead atoms. The lowest BCUT2D eigenvalue weighted by molar-refractivity contribution is -0.0338. The van der Waals surface area contributed by atoms with E-state index in [0.29, 0.717) is 55.9 Å². The molecule has 0 aromatic heterocycles. The van der Waals surface area contributed by atoms with Crippen LogP contribution in [0, 0.1) is 29.1 Å². The maximum Gasteiger partial charge on any atom is 0.414 e. The number of carbonyl (C=O) groups is 2. The number of hydrogen-bond donors (Lipinski definition) is 0. The molecule has 0 aromatic carbocycles. The van der Waals surface area contributed by atoms with Gasteiger partial charge in [0.2, 0.25) is 0 Å². The zero-order valence-electron chi connectivity index (χ0n) is 33.5. The van der Waals surface area contributed by atoms with Crippen molar-refractivity contribution in [2.45, 2.75) is 155 Å². The van der Waals surface area contributed by atoms with Crippen molar-refractivity contribution in [2.75, 3.05) is 32.8 Å². The van der Waals surface area contributed by atoms with Gasteiger partial charge in [-0.1, -0.05) is 86.9 Å². The standard InChI is InChI=1S/C38H72N2O5Si3/c1-30(2)48(31(3)4,32(5)6)44-23-18-21-38-28-39(36(42)45-37(7,8)9)22-20-34(38)33(19-16-17-25-46(10,11)12)27-40(29-38)35(41)43-24-26-47(13,14)15/h20,22,30-34H,18-19,21,23-29H2,1-15H3/t33-,34-,38+/m1/s1. The molecule has 1 fully saturated rings. The summed E-state index contributed by atoms with van der Waals surface area (Å²) in [5.74, 6) is 7.33. The lowest BCUT2D eigenvalue weighted by atomic mass is 9.62. The van der Waals surface area contributed by atoms with Gasteiger partial charge in [-0.15, -0.1) is 11.8 Å². The number of fused-ring (bicyclic) bond motifs is 1. The highest BCUT2D eigenvalue weighted by molar-refractivity contribution is 6.78. The van der Waals surface area contributed by atoms with Crippen LogP contribution in [0.4, 0.5) is 9.59 Å². The first kappa shape index (κ1) is 42.6. The van der Waals surface area contributed by atoms with Crippen molar-refractivity contribution in [2.24, 2.45) is 17.3 Å². The summed E-state index contributed by atoms with van der Waals surface area (Å²) in [5, 5.41) is 0.